The van der Waals surface area contributed by atoms with Crippen molar-refractivity contribution < 1.29 is 18.1 Å². The quantitative estimate of drug-likeness (QED) is 0.533. The maximum Gasteiger partial charge on any atom is 0.274 e. The first-order valence-corrected chi connectivity index (χ1v) is 11.3. The van der Waals surface area contributed by atoms with Gasteiger partial charge in [-0.25, -0.2) is 8.42 Å². The first-order chi connectivity index (χ1) is 14.3. The highest BCUT2D eigenvalue weighted by Gasteiger charge is 2.29. The van der Waals surface area contributed by atoms with Crippen molar-refractivity contribution in [1.29, 1.82) is 0 Å². The van der Waals surface area contributed by atoms with Gasteiger partial charge in [-0.05, 0) is 31.0 Å². The number of para-hydroxylation sites is 1. The summed E-state index contributed by atoms with van der Waals surface area (Å²) in [6.45, 7) is -0.0328. The van der Waals surface area contributed by atoms with E-state index in [1.807, 2.05) is 0 Å². The van der Waals surface area contributed by atoms with E-state index in [1.54, 1.807) is 25.2 Å². The molecule has 160 valence electrons. The summed E-state index contributed by atoms with van der Waals surface area (Å²) in [6, 6.07) is 12.0. The summed E-state index contributed by atoms with van der Waals surface area (Å²) in [5, 5.41) is 13.7. The van der Waals surface area contributed by atoms with Crippen molar-refractivity contribution in [3.63, 3.8) is 0 Å². The van der Waals surface area contributed by atoms with Crippen LogP contribution in [0.1, 0.15) is 48.0 Å². The molecule has 1 aliphatic rings. The molecule has 0 saturated heterocycles. The van der Waals surface area contributed by atoms with Gasteiger partial charge in [-0.1, -0.05) is 43.5 Å². The third kappa shape index (κ3) is 4.85. The Bertz CT molecular complexity index is 1030. The standard InChI is InChI=1S/C21H25N3O5S/c1-23(18-10-3-2-4-11-18)30(28,29)19-12-7-9-16(14-19)21(25)22-15-17-8-5-6-13-20(17)24(26)27/h5-9,12-14,18H,2-4,10-11,15H2,1H3,(H,22,25). The molecular formula is C21H25N3O5S. The van der Waals surface area contributed by atoms with Gasteiger partial charge in [0.05, 0.1) is 9.82 Å². The molecule has 0 radical (unpaired) electrons. The average Bonchev–Trinajstić information content (AvgIpc) is 2.77. The fourth-order valence-electron chi connectivity index (χ4n) is 3.72. The molecule has 9 heteroatoms. The van der Waals surface area contributed by atoms with Crippen LogP contribution in [0.4, 0.5) is 5.69 Å². The molecule has 1 saturated carbocycles. The second-order valence-corrected chi connectivity index (χ2v) is 9.41. The summed E-state index contributed by atoms with van der Waals surface area (Å²) >= 11 is 0. The maximum absolute atomic E-state index is 13.0. The predicted octanol–water partition coefficient (Wildman–Crippen LogP) is 3.48. The van der Waals surface area contributed by atoms with E-state index in [2.05, 4.69) is 5.32 Å². The number of hydrogen-bond acceptors (Lipinski definition) is 5. The van der Waals surface area contributed by atoms with Crippen LogP contribution < -0.4 is 5.32 Å². The smallest absolute Gasteiger partial charge is 0.274 e. The van der Waals surface area contributed by atoms with E-state index in [9.17, 15) is 23.3 Å². The van der Waals surface area contributed by atoms with Crippen molar-refractivity contribution in [2.24, 2.45) is 0 Å². The van der Waals surface area contributed by atoms with Crippen molar-refractivity contribution >= 4 is 21.6 Å². The molecule has 30 heavy (non-hydrogen) atoms. The molecule has 0 aromatic heterocycles. The van der Waals surface area contributed by atoms with Gasteiger partial charge in [0.2, 0.25) is 10.0 Å². The molecule has 0 aliphatic heterocycles. The lowest BCUT2D eigenvalue weighted by molar-refractivity contribution is -0.385. The number of carbonyl (C=O) groups is 1. The number of nitro groups is 1. The maximum atomic E-state index is 13.0. The predicted molar refractivity (Wildman–Crippen MR) is 113 cm³/mol. The van der Waals surface area contributed by atoms with E-state index in [0.717, 1.165) is 32.1 Å². The summed E-state index contributed by atoms with van der Waals surface area (Å²) in [7, 11) is -2.13. The minimum absolute atomic E-state index is 0.0279. The van der Waals surface area contributed by atoms with E-state index in [4.69, 9.17) is 0 Å². The summed E-state index contributed by atoms with van der Waals surface area (Å²) in [4.78, 5) is 23.2. The van der Waals surface area contributed by atoms with Crippen molar-refractivity contribution in [2.45, 2.75) is 49.6 Å². The molecule has 0 spiro atoms. The van der Waals surface area contributed by atoms with Crippen LogP contribution in [0.15, 0.2) is 53.4 Å². The molecule has 3 rings (SSSR count). The molecular weight excluding hydrogens is 406 g/mol. The topological polar surface area (TPSA) is 110 Å². The third-order valence-corrected chi connectivity index (χ3v) is 7.40. The number of nitrogens with zero attached hydrogens (tertiary/aromatic N) is 2. The van der Waals surface area contributed by atoms with Crippen molar-refractivity contribution in [3.05, 3.63) is 69.8 Å². The number of amides is 1. The van der Waals surface area contributed by atoms with Gasteiger partial charge in [0.15, 0.2) is 0 Å². The molecule has 1 aliphatic carbocycles. The Kier molecular flexibility index (Phi) is 6.84. The monoisotopic (exact) mass is 431 g/mol. The Morgan fingerprint density at radius 2 is 1.83 bits per heavy atom. The van der Waals surface area contributed by atoms with Crippen LogP contribution in [-0.2, 0) is 16.6 Å². The number of sulfonamides is 1. The molecule has 0 atom stereocenters. The van der Waals surface area contributed by atoms with Crippen LogP contribution in [0, 0.1) is 10.1 Å². The highest BCUT2D eigenvalue weighted by molar-refractivity contribution is 7.89. The molecule has 1 fully saturated rings. The van der Waals surface area contributed by atoms with Gasteiger partial charge in [0, 0.05) is 36.8 Å². The van der Waals surface area contributed by atoms with Crippen LogP contribution in [0.5, 0.6) is 0 Å². The van der Waals surface area contributed by atoms with Gasteiger partial charge in [0.1, 0.15) is 0 Å². The van der Waals surface area contributed by atoms with Gasteiger partial charge in [0.25, 0.3) is 11.6 Å². The normalized spacial score (nSPS) is 15.1. The highest BCUT2D eigenvalue weighted by Crippen LogP contribution is 2.27. The largest absolute Gasteiger partial charge is 0.348 e. The number of carbonyl (C=O) groups excluding carboxylic acids is 1. The summed E-state index contributed by atoms with van der Waals surface area (Å²) in [5.74, 6) is -0.495. The molecule has 2 aromatic carbocycles. The van der Waals surface area contributed by atoms with Crippen LogP contribution >= 0.6 is 0 Å². The van der Waals surface area contributed by atoms with E-state index in [0.29, 0.717) is 5.56 Å². The van der Waals surface area contributed by atoms with Crippen LogP contribution in [0.3, 0.4) is 0 Å². The number of nitrogens with one attached hydrogen (secondary N) is 1. The highest BCUT2D eigenvalue weighted by atomic mass is 32.2. The van der Waals surface area contributed by atoms with Crippen molar-refractivity contribution in [2.75, 3.05) is 7.05 Å². The summed E-state index contributed by atoms with van der Waals surface area (Å²) in [6.07, 6.45) is 4.83. The first kappa shape index (κ1) is 21.9. The van der Waals surface area contributed by atoms with Crippen molar-refractivity contribution in [1.82, 2.24) is 9.62 Å². The number of hydrogen-bond donors (Lipinski definition) is 1. The SMILES string of the molecule is CN(C1CCCCC1)S(=O)(=O)c1cccc(C(=O)NCc2ccccc2[N+](=O)[O-])c1. The molecule has 0 bridgehead atoms. The first-order valence-electron chi connectivity index (χ1n) is 9.89. The van der Waals surface area contributed by atoms with Gasteiger partial charge < -0.3 is 5.32 Å². The van der Waals surface area contributed by atoms with Gasteiger partial charge >= 0.3 is 0 Å². The average molecular weight is 432 g/mol. The van der Waals surface area contributed by atoms with Gasteiger partial charge in [-0.3, -0.25) is 14.9 Å². The summed E-state index contributed by atoms with van der Waals surface area (Å²) in [5.41, 5.74) is 0.478. The lowest BCUT2D eigenvalue weighted by Crippen LogP contribution is -2.38. The number of benzene rings is 2. The Morgan fingerprint density at radius 1 is 1.13 bits per heavy atom. The minimum Gasteiger partial charge on any atom is -0.348 e. The lowest BCUT2D eigenvalue weighted by Gasteiger charge is -2.30. The zero-order valence-corrected chi connectivity index (χ0v) is 17.6. The van der Waals surface area contributed by atoms with Crippen molar-refractivity contribution in [3.8, 4) is 0 Å². The van der Waals surface area contributed by atoms with E-state index >= 15 is 0 Å². The molecule has 0 unspecified atom stereocenters. The fraction of sp³-hybridized carbons (Fsp3) is 0.381. The Balaban J connectivity index is 1.74. The Labute approximate surface area is 176 Å². The number of rotatable bonds is 7. The van der Waals surface area contributed by atoms with Crippen LogP contribution in [-0.4, -0.2) is 36.6 Å². The van der Waals surface area contributed by atoms with Crippen LogP contribution in [0.2, 0.25) is 0 Å². The molecule has 2 aromatic rings. The molecule has 1 N–H and O–H groups in total. The van der Waals surface area contributed by atoms with E-state index in [-0.39, 0.29) is 28.7 Å². The van der Waals surface area contributed by atoms with Gasteiger partial charge in [-0.2, -0.15) is 4.31 Å². The van der Waals surface area contributed by atoms with Crippen LogP contribution in [0.25, 0.3) is 0 Å². The number of nitro benzene ring substituents is 1. The fourth-order valence-corrected chi connectivity index (χ4v) is 5.18. The zero-order chi connectivity index (χ0) is 21.7. The molecule has 1 amide bonds. The second kappa shape index (κ2) is 9.36. The Hall–Kier alpha value is -2.78. The lowest BCUT2D eigenvalue weighted by atomic mass is 9.96. The van der Waals surface area contributed by atoms with Gasteiger partial charge in [-0.15, -0.1) is 0 Å². The third-order valence-electron chi connectivity index (χ3n) is 5.49. The van der Waals surface area contributed by atoms with E-state index in [1.165, 1.54) is 34.6 Å². The summed E-state index contributed by atoms with van der Waals surface area (Å²) < 4.78 is 27.5. The zero-order valence-electron chi connectivity index (χ0n) is 16.8. The Morgan fingerprint density at radius 3 is 2.53 bits per heavy atom. The van der Waals surface area contributed by atoms with E-state index < -0.39 is 20.9 Å². The second-order valence-electron chi connectivity index (χ2n) is 7.41. The molecule has 8 nitrogen and oxygen atoms in total. The molecule has 0 heterocycles. The minimum atomic E-state index is -3.72.